The molecular weight excluding hydrogens is 405 g/mol. The lowest BCUT2D eigenvalue weighted by Gasteiger charge is -2.29. The third kappa shape index (κ3) is 4.07. The Bertz CT molecular complexity index is 997. The summed E-state index contributed by atoms with van der Waals surface area (Å²) in [6.45, 7) is 0. The predicted octanol–water partition coefficient (Wildman–Crippen LogP) is 4.37. The highest BCUT2D eigenvalue weighted by Crippen LogP contribution is 2.41. The number of aromatic nitrogens is 2. The molecule has 0 aliphatic heterocycles. The van der Waals surface area contributed by atoms with Crippen LogP contribution in [0.1, 0.15) is 44.1 Å². The zero-order valence-electron chi connectivity index (χ0n) is 16.0. The molecule has 0 N–H and O–H groups in total. The van der Waals surface area contributed by atoms with Crippen molar-refractivity contribution in [3.63, 3.8) is 0 Å². The Morgan fingerprint density at radius 1 is 1.10 bits per heavy atom. The SMILES string of the molecule is Cn1cc(-c2ccc(S(=O)(=O)[C@@H]3CC[C@@H](OC4CCC4)C3)c(C(F)(F)F)c2)cn1. The van der Waals surface area contributed by atoms with Crippen molar-refractivity contribution in [1.82, 2.24) is 9.78 Å². The third-order valence-corrected chi connectivity index (χ3v) is 8.12. The smallest absolute Gasteiger partial charge is 0.375 e. The molecule has 158 valence electrons. The van der Waals surface area contributed by atoms with Crippen LogP contribution in [0.5, 0.6) is 0 Å². The van der Waals surface area contributed by atoms with Gasteiger partial charge in [-0.1, -0.05) is 6.07 Å². The average molecular weight is 428 g/mol. The molecule has 0 unspecified atom stereocenters. The van der Waals surface area contributed by atoms with Crippen molar-refractivity contribution < 1.29 is 26.3 Å². The molecule has 0 spiro atoms. The topological polar surface area (TPSA) is 61.2 Å². The molecule has 2 fully saturated rings. The Balaban J connectivity index is 1.64. The van der Waals surface area contributed by atoms with Gasteiger partial charge in [0.25, 0.3) is 0 Å². The molecule has 0 amide bonds. The zero-order valence-corrected chi connectivity index (χ0v) is 16.8. The second kappa shape index (κ2) is 7.43. The van der Waals surface area contributed by atoms with E-state index >= 15 is 0 Å². The van der Waals surface area contributed by atoms with Crippen LogP contribution in [0.4, 0.5) is 13.2 Å². The minimum absolute atomic E-state index is 0.172. The molecule has 2 atom stereocenters. The number of aryl methyl sites for hydroxylation is 1. The Hall–Kier alpha value is -1.87. The van der Waals surface area contributed by atoms with E-state index in [1.807, 2.05) is 0 Å². The first-order valence-electron chi connectivity index (χ1n) is 9.74. The van der Waals surface area contributed by atoms with Crippen molar-refractivity contribution in [2.45, 2.75) is 67.1 Å². The van der Waals surface area contributed by atoms with Gasteiger partial charge in [-0.2, -0.15) is 18.3 Å². The summed E-state index contributed by atoms with van der Waals surface area (Å²) in [5.74, 6) is 0. The van der Waals surface area contributed by atoms with Gasteiger partial charge < -0.3 is 4.74 Å². The van der Waals surface area contributed by atoms with E-state index in [2.05, 4.69) is 5.10 Å². The molecule has 2 aliphatic rings. The van der Waals surface area contributed by atoms with E-state index in [0.29, 0.717) is 18.4 Å². The van der Waals surface area contributed by atoms with Crippen molar-refractivity contribution in [2.75, 3.05) is 0 Å². The summed E-state index contributed by atoms with van der Waals surface area (Å²) >= 11 is 0. The number of hydrogen-bond acceptors (Lipinski definition) is 4. The van der Waals surface area contributed by atoms with Gasteiger partial charge in [-0.05, 0) is 56.2 Å². The average Bonchev–Trinajstić information content (AvgIpc) is 3.26. The number of benzene rings is 1. The minimum atomic E-state index is -4.78. The van der Waals surface area contributed by atoms with E-state index in [4.69, 9.17) is 4.74 Å². The van der Waals surface area contributed by atoms with Gasteiger partial charge in [0.15, 0.2) is 9.84 Å². The monoisotopic (exact) mass is 428 g/mol. The van der Waals surface area contributed by atoms with Crippen LogP contribution >= 0.6 is 0 Å². The van der Waals surface area contributed by atoms with Crippen LogP contribution in [0.2, 0.25) is 0 Å². The van der Waals surface area contributed by atoms with E-state index in [1.165, 1.54) is 16.9 Å². The van der Waals surface area contributed by atoms with Gasteiger partial charge in [0.2, 0.25) is 0 Å². The van der Waals surface area contributed by atoms with Crippen LogP contribution in [0.3, 0.4) is 0 Å². The predicted molar refractivity (Wildman–Crippen MR) is 101 cm³/mol. The van der Waals surface area contributed by atoms with Crippen LogP contribution in [0.15, 0.2) is 35.5 Å². The maximum absolute atomic E-state index is 13.8. The van der Waals surface area contributed by atoms with Gasteiger partial charge in [-0.3, -0.25) is 4.68 Å². The fourth-order valence-electron chi connectivity index (χ4n) is 4.01. The summed E-state index contributed by atoms with van der Waals surface area (Å²) in [6.07, 6.45) is 2.43. The first-order valence-corrected chi connectivity index (χ1v) is 11.3. The van der Waals surface area contributed by atoms with Gasteiger partial charge in [0, 0.05) is 18.8 Å². The van der Waals surface area contributed by atoms with E-state index in [1.54, 1.807) is 13.2 Å². The maximum Gasteiger partial charge on any atom is 0.417 e. The highest BCUT2D eigenvalue weighted by Gasteiger charge is 2.43. The van der Waals surface area contributed by atoms with Gasteiger partial charge in [-0.15, -0.1) is 0 Å². The molecule has 4 rings (SSSR count). The van der Waals surface area contributed by atoms with Crippen LogP contribution in [0.25, 0.3) is 11.1 Å². The normalized spacial score (nSPS) is 23.3. The minimum Gasteiger partial charge on any atom is -0.375 e. The summed E-state index contributed by atoms with van der Waals surface area (Å²) < 4.78 is 74.8. The lowest BCUT2D eigenvalue weighted by Crippen LogP contribution is -2.28. The van der Waals surface area contributed by atoms with E-state index < -0.39 is 31.7 Å². The van der Waals surface area contributed by atoms with Gasteiger partial charge in [0.1, 0.15) is 0 Å². The molecule has 5 nitrogen and oxygen atoms in total. The molecule has 2 aromatic rings. The van der Waals surface area contributed by atoms with Crippen molar-refractivity contribution >= 4 is 9.84 Å². The quantitative estimate of drug-likeness (QED) is 0.710. The van der Waals surface area contributed by atoms with Gasteiger partial charge in [-0.25, -0.2) is 8.42 Å². The fourth-order valence-corrected chi connectivity index (χ4v) is 6.03. The van der Waals surface area contributed by atoms with Crippen molar-refractivity contribution in [3.8, 4) is 11.1 Å². The maximum atomic E-state index is 13.8. The van der Waals surface area contributed by atoms with Crippen molar-refractivity contribution in [1.29, 1.82) is 0 Å². The van der Waals surface area contributed by atoms with Crippen LogP contribution < -0.4 is 0 Å². The second-order valence-electron chi connectivity index (χ2n) is 7.90. The molecule has 2 aliphatic carbocycles. The molecule has 29 heavy (non-hydrogen) atoms. The van der Waals surface area contributed by atoms with E-state index in [0.717, 1.165) is 31.4 Å². The summed E-state index contributed by atoms with van der Waals surface area (Å²) in [4.78, 5) is -0.646. The number of alkyl halides is 3. The first kappa shape index (κ1) is 20.4. The summed E-state index contributed by atoms with van der Waals surface area (Å²) in [7, 11) is -2.46. The zero-order chi connectivity index (χ0) is 20.8. The standard InChI is InChI=1S/C20H23F3N2O3S/c1-25-12-14(11-24-25)13-5-8-19(18(9-13)20(21,22)23)29(26,27)17-7-6-16(10-17)28-15-3-2-4-15/h5,8-9,11-12,15-17H,2-4,6-7,10H2,1H3/t16-,17-/m1/s1. The Morgan fingerprint density at radius 3 is 2.45 bits per heavy atom. The Labute approximate surface area is 167 Å². The molecule has 1 aromatic heterocycles. The highest BCUT2D eigenvalue weighted by molar-refractivity contribution is 7.92. The number of sulfone groups is 1. The van der Waals surface area contributed by atoms with Crippen LogP contribution in [0, 0.1) is 0 Å². The highest BCUT2D eigenvalue weighted by atomic mass is 32.2. The molecule has 2 saturated carbocycles. The van der Waals surface area contributed by atoms with Gasteiger partial charge in [0.05, 0.1) is 34.1 Å². The molecule has 1 heterocycles. The molecule has 1 aromatic carbocycles. The molecule has 9 heteroatoms. The van der Waals surface area contributed by atoms with Crippen molar-refractivity contribution in [2.24, 2.45) is 7.05 Å². The number of hydrogen-bond donors (Lipinski definition) is 0. The number of nitrogens with zero attached hydrogens (tertiary/aromatic N) is 2. The van der Waals surface area contributed by atoms with E-state index in [9.17, 15) is 21.6 Å². The Kier molecular flexibility index (Phi) is 5.23. The number of rotatable bonds is 5. The van der Waals surface area contributed by atoms with E-state index in [-0.39, 0.29) is 24.2 Å². The van der Waals surface area contributed by atoms with Crippen molar-refractivity contribution in [3.05, 3.63) is 36.2 Å². The summed E-state index contributed by atoms with van der Waals surface area (Å²) in [5.41, 5.74) is -0.346. The molecule has 0 saturated heterocycles. The number of halogens is 3. The molecule has 0 radical (unpaired) electrons. The largest absolute Gasteiger partial charge is 0.417 e. The number of ether oxygens (including phenoxy) is 1. The summed E-state index contributed by atoms with van der Waals surface area (Å²) in [5, 5.41) is 3.12. The van der Waals surface area contributed by atoms with Crippen LogP contribution in [-0.4, -0.2) is 35.7 Å². The molecular formula is C20H23F3N2O3S. The molecule has 0 bridgehead atoms. The third-order valence-electron chi connectivity index (χ3n) is 5.84. The second-order valence-corrected chi connectivity index (χ2v) is 10.1. The fraction of sp³-hybridized carbons (Fsp3) is 0.550. The first-order chi connectivity index (χ1) is 13.6. The lowest BCUT2D eigenvalue weighted by molar-refractivity contribution is -0.139. The Morgan fingerprint density at radius 2 is 1.86 bits per heavy atom. The van der Waals surface area contributed by atoms with Gasteiger partial charge >= 0.3 is 6.18 Å². The summed E-state index contributed by atoms with van der Waals surface area (Å²) in [6, 6.07) is 3.40. The lowest BCUT2D eigenvalue weighted by atomic mass is 9.96. The van der Waals surface area contributed by atoms with Crippen LogP contribution in [-0.2, 0) is 27.8 Å².